The maximum absolute atomic E-state index is 13.7. The Balaban J connectivity index is 2.11. The van der Waals surface area contributed by atoms with Crippen LogP contribution in [0, 0.1) is 23.2 Å². The maximum Gasteiger partial charge on any atom is 0.314 e. The highest BCUT2D eigenvalue weighted by Gasteiger charge is 2.39. The van der Waals surface area contributed by atoms with Gasteiger partial charge in [0.2, 0.25) is 11.8 Å². The normalized spacial score (nSPS) is 14.7. The third-order valence-electron chi connectivity index (χ3n) is 8.65. The number of esters is 2. The highest BCUT2D eigenvalue weighted by Crippen LogP contribution is 2.34. The first-order valence-electron chi connectivity index (χ1n) is 17.3. The summed E-state index contributed by atoms with van der Waals surface area (Å²) in [6, 6.07) is 16.0. The minimum Gasteiger partial charge on any atom is -0.497 e. The lowest BCUT2D eigenvalue weighted by molar-refractivity contribution is -0.158. The molecular weight excluding hydrogens is 644 g/mol. The Morgan fingerprint density at radius 2 is 1.38 bits per heavy atom. The van der Waals surface area contributed by atoms with Gasteiger partial charge in [0, 0.05) is 37.6 Å². The zero-order valence-electron chi connectivity index (χ0n) is 30.7. The van der Waals surface area contributed by atoms with Crippen molar-refractivity contribution in [1.29, 1.82) is 0 Å². The van der Waals surface area contributed by atoms with Crippen LogP contribution in [0.5, 0.6) is 11.5 Å². The molecule has 0 radical (unpaired) electrons. The van der Waals surface area contributed by atoms with Crippen LogP contribution < -0.4 is 20.1 Å². The summed E-state index contributed by atoms with van der Waals surface area (Å²) in [6.07, 6.45) is 0.702. The number of benzene rings is 2. The van der Waals surface area contributed by atoms with Crippen LogP contribution >= 0.6 is 0 Å². The van der Waals surface area contributed by atoms with Crippen LogP contribution in [0.15, 0.2) is 54.6 Å². The van der Waals surface area contributed by atoms with Gasteiger partial charge in [-0.2, -0.15) is 0 Å². The summed E-state index contributed by atoms with van der Waals surface area (Å²) in [5, 5.41) is 5.79. The summed E-state index contributed by atoms with van der Waals surface area (Å²) in [6.45, 7) is 10.3. The standard InChI is InChI=1S/C38H56N2O10/c1-8-27(3)33(41)39-19-21-47-36(29-15-17-31(46-7)18-16-29)48-22-20-40-34(42)30(26-38(5,9-2)37(44)49-24-23-45-6)25-28(4)35(43)50-32-13-11-10-12-14-32/h10-18,27-28,30,36H,8-9,19-26H2,1-7H3,(H,39,41)(H,40,42). The largest absolute Gasteiger partial charge is 0.497 e. The van der Waals surface area contributed by atoms with Gasteiger partial charge in [0.1, 0.15) is 18.1 Å². The number of rotatable bonds is 24. The summed E-state index contributed by atoms with van der Waals surface area (Å²) in [5.74, 6) is -1.63. The molecule has 12 heteroatoms. The van der Waals surface area contributed by atoms with Gasteiger partial charge in [-0.1, -0.05) is 58.0 Å². The number of para-hydroxylation sites is 1. The maximum atomic E-state index is 13.7. The molecule has 0 saturated heterocycles. The van der Waals surface area contributed by atoms with Crippen molar-refractivity contribution in [3.05, 3.63) is 60.2 Å². The van der Waals surface area contributed by atoms with E-state index in [0.717, 1.165) is 12.0 Å². The second kappa shape index (κ2) is 22.7. The molecule has 0 fully saturated rings. The summed E-state index contributed by atoms with van der Waals surface area (Å²) in [4.78, 5) is 52.0. The van der Waals surface area contributed by atoms with Crippen molar-refractivity contribution in [2.45, 2.75) is 66.6 Å². The second-order valence-corrected chi connectivity index (χ2v) is 12.6. The molecule has 2 N–H and O–H groups in total. The Bertz CT molecular complexity index is 1310. The molecule has 2 aromatic rings. The summed E-state index contributed by atoms with van der Waals surface area (Å²) >= 11 is 0. The smallest absolute Gasteiger partial charge is 0.314 e. The fourth-order valence-corrected chi connectivity index (χ4v) is 5.01. The first-order valence-corrected chi connectivity index (χ1v) is 17.3. The number of carbonyl (C=O) groups excluding carboxylic acids is 4. The minimum absolute atomic E-state index is 0.0414. The van der Waals surface area contributed by atoms with Gasteiger partial charge in [-0.3, -0.25) is 19.2 Å². The van der Waals surface area contributed by atoms with Crippen molar-refractivity contribution in [3.8, 4) is 11.5 Å². The highest BCUT2D eigenvalue weighted by atomic mass is 16.7. The summed E-state index contributed by atoms with van der Waals surface area (Å²) < 4.78 is 33.3. The van der Waals surface area contributed by atoms with Gasteiger partial charge < -0.3 is 39.1 Å². The number of hydrogen-bond acceptors (Lipinski definition) is 10. The number of carbonyl (C=O) groups is 4. The molecule has 0 aliphatic carbocycles. The van der Waals surface area contributed by atoms with Crippen LogP contribution in [0.4, 0.5) is 0 Å². The van der Waals surface area contributed by atoms with Gasteiger partial charge in [-0.15, -0.1) is 0 Å². The SMILES string of the molecule is CCC(C)C(=O)NCCOC(OCCNC(=O)C(CC(C)C(=O)Oc1ccccc1)CC(C)(CC)C(=O)OCCOC)c1ccc(OC)cc1. The van der Waals surface area contributed by atoms with Crippen LogP contribution in [-0.4, -0.2) is 77.5 Å². The van der Waals surface area contributed by atoms with Gasteiger partial charge in [0.05, 0.1) is 38.3 Å². The third-order valence-corrected chi connectivity index (χ3v) is 8.65. The molecule has 0 bridgehead atoms. The molecule has 2 rings (SSSR count). The van der Waals surface area contributed by atoms with Crippen LogP contribution in [0.2, 0.25) is 0 Å². The average Bonchev–Trinajstić information content (AvgIpc) is 3.13. The predicted molar refractivity (Wildman–Crippen MR) is 188 cm³/mol. The van der Waals surface area contributed by atoms with Gasteiger partial charge in [0.15, 0.2) is 6.29 Å². The Morgan fingerprint density at radius 1 is 0.760 bits per heavy atom. The number of ether oxygens (including phenoxy) is 6. The van der Waals surface area contributed by atoms with Crippen LogP contribution in [-0.2, 0) is 38.1 Å². The second-order valence-electron chi connectivity index (χ2n) is 12.6. The fraction of sp³-hybridized carbons (Fsp3) is 0.579. The van der Waals surface area contributed by atoms with E-state index < -0.39 is 35.5 Å². The van der Waals surface area contributed by atoms with Crippen molar-refractivity contribution in [2.24, 2.45) is 23.2 Å². The number of hydrogen-bond donors (Lipinski definition) is 2. The van der Waals surface area contributed by atoms with Gasteiger partial charge >= 0.3 is 11.9 Å². The molecule has 0 heterocycles. The monoisotopic (exact) mass is 700 g/mol. The molecule has 2 amide bonds. The predicted octanol–water partition coefficient (Wildman–Crippen LogP) is 5.25. The quantitative estimate of drug-likeness (QED) is 0.0644. The molecule has 12 nitrogen and oxygen atoms in total. The number of nitrogens with one attached hydrogen (secondary N) is 2. The van der Waals surface area contributed by atoms with Crippen molar-refractivity contribution in [1.82, 2.24) is 10.6 Å². The molecule has 278 valence electrons. The summed E-state index contributed by atoms with van der Waals surface area (Å²) in [7, 11) is 3.10. The summed E-state index contributed by atoms with van der Waals surface area (Å²) in [5.41, 5.74) is -0.243. The lowest BCUT2D eigenvalue weighted by Crippen LogP contribution is -2.40. The van der Waals surface area contributed by atoms with E-state index in [1.807, 2.05) is 39.0 Å². The van der Waals surface area contributed by atoms with E-state index in [-0.39, 0.29) is 63.5 Å². The van der Waals surface area contributed by atoms with Crippen molar-refractivity contribution < 1.29 is 47.6 Å². The Kier molecular flexibility index (Phi) is 19.1. The van der Waals surface area contributed by atoms with Crippen LogP contribution in [0.1, 0.15) is 72.2 Å². The Hall–Kier alpha value is -4.00. The lowest BCUT2D eigenvalue weighted by Gasteiger charge is -2.31. The molecule has 0 saturated carbocycles. The molecule has 0 aliphatic heterocycles. The molecule has 5 unspecified atom stereocenters. The van der Waals surface area contributed by atoms with E-state index in [1.165, 1.54) is 7.11 Å². The van der Waals surface area contributed by atoms with Gasteiger partial charge in [0.25, 0.3) is 0 Å². The topological polar surface area (TPSA) is 148 Å². The molecule has 2 aromatic carbocycles. The molecule has 0 aromatic heterocycles. The third kappa shape index (κ3) is 14.5. The van der Waals surface area contributed by atoms with Crippen LogP contribution in [0.25, 0.3) is 0 Å². The van der Waals surface area contributed by atoms with Gasteiger partial charge in [-0.25, -0.2) is 0 Å². The molecule has 0 aliphatic rings. The molecular formula is C38H56N2O10. The average molecular weight is 701 g/mol. The number of amides is 2. The molecule has 0 spiro atoms. The minimum atomic E-state index is -0.979. The molecule has 5 atom stereocenters. The number of methoxy groups -OCH3 is 2. The van der Waals surface area contributed by atoms with E-state index in [9.17, 15) is 19.2 Å². The van der Waals surface area contributed by atoms with Crippen molar-refractivity contribution in [2.75, 3.05) is 53.7 Å². The van der Waals surface area contributed by atoms with Crippen molar-refractivity contribution in [3.63, 3.8) is 0 Å². The lowest BCUT2D eigenvalue weighted by atomic mass is 9.76. The Labute approximate surface area is 296 Å². The first kappa shape index (κ1) is 42.2. The zero-order valence-corrected chi connectivity index (χ0v) is 30.7. The van der Waals surface area contributed by atoms with E-state index >= 15 is 0 Å². The van der Waals surface area contributed by atoms with Crippen LogP contribution in [0.3, 0.4) is 0 Å². The first-order chi connectivity index (χ1) is 24.0. The Morgan fingerprint density at radius 3 is 1.94 bits per heavy atom. The molecule has 50 heavy (non-hydrogen) atoms. The van der Waals surface area contributed by atoms with E-state index in [4.69, 9.17) is 28.4 Å². The highest BCUT2D eigenvalue weighted by molar-refractivity contribution is 5.82. The van der Waals surface area contributed by atoms with E-state index in [2.05, 4.69) is 10.6 Å². The van der Waals surface area contributed by atoms with Crippen molar-refractivity contribution >= 4 is 23.8 Å². The van der Waals surface area contributed by atoms with E-state index in [1.54, 1.807) is 57.4 Å². The fourth-order valence-electron chi connectivity index (χ4n) is 5.01. The van der Waals surface area contributed by atoms with E-state index in [0.29, 0.717) is 24.5 Å². The zero-order chi connectivity index (χ0) is 36.9. The van der Waals surface area contributed by atoms with Gasteiger partial charge in [-0.05, 0) is 56.9 Å².